The van der Waals surface area contributed by atoms with Crippen LogP contribution in [0.25, 0.3) is 10.4 Å². The normalized spacial score (nSPS) is 22.3. The number of hydrogen-bond donors (Lipinski definition) is 0. The molecule has 1 fully saturated rings. The van der Waals surface area contributed by atoms with Gasteiger partial charge in [-0.15, -0.1) is 0 Å². The van der Waals surface area contributed by atoms with E-state index in [2.05, 4.69) is 14.9 Å². The predicted molar refractivity (Wildman–Crippen MR) is 87.3 cm³/mol. The fourth-order valence-electron chi connectivity index (χ4n) is 3.25. The van der Waals surface area contributed by atoms with Crippen LogP contribution < -0.4 is 9.64 Å². The van der Waals surface area contributed by atoms with Gasteiger partial charge in [-0.2, -0.15) is 0 Å². The second-order valence-electron chi connectivity index (χ2n) is 5.69. The molecule has 2 aromatic rings. The van der Waals surface area contributed by atoms with Crippen LogP contribution in [0, 0.1) is 0 Å². The highest BCUT2D eigenvalue weighted by Gasteiger charge is 2.33. The minimum absolute atomic E-state index is 0.102. The number of azide groups is 1. The van der Waals surface area contributed by atoms with Crippen LogP contribution in [0.2, 0.25) is 0 Å². The number of anilines is 2. The van der Waals surface area contributed by atoms with E-state index >= 15 is 0 Å². The predicted octanol–water partition coefficient (Wildman–Crippen LogP) is 4.40. The highest BCUT2D eigenvalue weighted by molar-refractivity contribution is 5.78. The molecule has 1 saturated heterocycles. The van der Waals surface area contributed by atoms with E-state index in [1.807, 2.05) is 48.5 Å². The van der Waals surface area contributed by atoms with Gasteiger partial charge in [0.2, 0.25) is 0 Å². The first-order chi connectivity index (χ1) is 11.4. The molecular formula is C17H16N4O2. The highest BCUT2D eigenvalue weighted by atomic mass is 16.5. The van der Waals surface area contributed by atoms with Crippen LogP contribution >= 0.6 is 0 Å². The van der Waals surface area contributed by atoms with Crippen molar-refractivity contribution in [2.45, 2.75) is 18.5 Å². The van der Waals surface area contributed by atoms with Crippen LogP contribution in [0.15, 0.2) is 53.6 Å². The molecule has 2 aliphatic rings. The average molecular weight is 308 g/mol. The molecule has 0 radical (unpaired) electrons. The maximum Gasteiger partial charge on any atom is 0.151 e. The minimum Gasteiger partial charge on any atom is -0.453 e. The Balaban J connectivity index is 1.76. The second-order valence-corrected chi connectivity index (χ2v) is 5.69. The van der Waals surface area contributed by atoms with Crippen molar-refractivity contribution in [3.05, 3.63) is 59.0 Å². The van der Waals surface area contributed by atoms with Crippen LogP contribution in [-0.4, -0.2) is 25.3 Å². The van der Waals surface area contributed by atoms with E-state index in [0.29, 0.717) is 13.2 Å². The Morgan fingerprint density at radius 3 is 2.30 bits per heavy atom. The molecule has 2 aliphatic heterocycles. The van der Waals surface area contributed by atoms with Gasteiger partial charge in [0, 0.05) is 4.91 Å². The van der Waals surface area contributed by atoms with Gasteiger partial charge in [0.1, 0.15) is 0 Å². The molecule has 0 saturated carbocycles. The molecule has 2 aromatic carbocycles. The van der Waals surface area contributed by atoms with Gasteiger partial charge in [0.05, 0.1) is 36.7 Å². The number of hydrogen-bond acceptors (Lipinski definition) is 4. The van der Waals surface area contributed by atoms with Gasteiger partial charge < -0.3 is 14.4 Å². The van der Waals surface area contributed by atoms with E-state index in [-0.39, 0.29) is 12.1 Å². The summed E-state index contributed by atoms with van der Waals surface area (Å²) in [6.45, 7) is 1.08. The zero-order valence-electron chi connectivity index (χ0n) is 12.5. The Kier molecular flexibility index (Phi) is 3.54. The Morgan fingerprint density at radius 1 is 1.00 bits per heavy atom. The first kappa shape index (κ1) is 13.9. The molecule has 2 heterocycles. The first-order valence-corrected chi connectivity index (χ1v) is 7.64. The van der Waals surface area contributed by atoms with Crippen LogP contribution in [0.5, 0.6) is 11.5 Å². The van der Waals surface area contributed by atoms with E-state index in [1.165, 1.54) is 0 Å². The molecule has 2 atom stereocenters. The summed E-state index contributed by atoms with van der Waals surface area (Å²) < 4.78 is 11.7. The lowest BCUT2D eigenvalue weighted by atomic mass is 10.0. The monoisotopic (exact) mass is 308 g/mol. The molecule has 0 bridgehead atoms. The largest absolute Gasteiger partial charge is 0.453 e. The van der Waals surface area contributed by atoms with Gasteiger partial charge >= 0.3 is 0 Å². The summed E-state index contributed by atoms with van der Waals surface area (Å²) in [4.78, 5) is 5.17. The third kappa shape index (κ3) is 2.48. The van der Waals surface area contributed by atoms with Gasteiger partial charge in [0.25, 0.3) is 0 Å². The van der Waals surface area contributed by atoms with Crippen molar-refractivity contribution >= 4 is 11.4 Å². The fraction of sp³-hybridized carbons (Fsp3) is 0.294. The van der Waals surface area contributed by atoms with Crippen LogP contribution in [0.1, 0.15) is 6.42 Å². The number of benzene rings is 2. The molecule has 116 valence electrons. The zero-order valence-corrected chi connectivity index (χ0v) is 12.5. The van der Waals surface area contributed by atoms with Crippen molar-refractivity contribution in [3.63, 3.8) is 0 Å². The van der Waals surface area contributed by atoms with Gasteiger partial charge in [-0.3, -0.25) is 0 Å². The van der Waals surface area contributed by atoms with Crippen LogP contribution in [0.3, 0.4) is 0 Å². The molecule has 0 amide bonds. The quantitative estimate of drug-likeness (QED) is 0.469. The molecule has 0 aromatic heterocycles. The number of rotatable bonds is 2. The van der Waals surface area contributed by atoms with Crippen molar-refractivity contribution in [2.75, 3.05) is 18.1 Å². The van der Waals surface area contributed by atoms with E-state index in [9.17, 15) is 0 Å². The standard InChI is InChI=1S/C17H16N4O2/c18-20-19-12-9-13(11-22-10-12)21-14-5-1-3-7-16(14)23-17-8-4-2-6-15(17)21/h1-8,12-13H,9-11H2. The molecule has 6 nitrogen and oxygen atoms in total. The Labute approximate surface area is 133 Å². The number of fused-ring (bicyclic) bond motifs is 2. The number of nitrogens with zero attached hydrogens (tertiary/aromatic N) is 4. The third-order valence-electron chi connectivity index (χ3n) is 4.21. The van der Waals surface area contributed by atoms with Crippen molar-refractivity contribution in [1.82, 2.24) is 0 Å². The molecule has 6 heteroatoms. The smallest absolute Gasteiger partial charge is 0.151 e. The molecule has 0 aliphatic carbocycles. The van der Waals surface area contributed by atoms with Crippen LogP contribution in [-0.2, 0) is 4.74 Å². The van der Waals surface area contributed by atoms with E-state index < -0.39 is 0 Å². The summed E-state index contributed by atoms with van der Waals surface area (Å²) in [7, 11) is 0. The Bertz CT molecular complexity index is 727. The van der Waals surface area contributed by atoms with E-state index in [0.717, 1.165) is 29.3 Å². The fourth-order valence-corrected chi connectivity index (χ4v) is 3.25. The van der Waals surface area contributed by atoms with Crippen molar-refractivity contribution < 1.29 is 9.47 Å². The summed E-state index contributed by atoms with van der Waals surface area (Å²) in [5.74, 6) is 1.66. The van der Waals surface area contributed by atoms with Crippen LogP contribution in [0.4, 0.5) is 11.4 Å². The SMILES string of the molecule is [N-]=[N+]=NC1COCC(N2c3ccccc3Oc3ccccc32)C1. The van der Waals surface area contributed by atoms with Gasteiger partial charge in [-0.25, -0.2) is 0 Å². The number of ether oxygens (including phenoxy) is 2. The summed E-state index contributed by atoms with van der Waals surface area (Å²) in [6, 6.07) is 15.9. The second kappa shape index (κ2) is 5.83. The third-order valence-corrected chi connectivity index (χ3v) is 4.21. The first-order valence-electron chi connectivity index (χ1n) is 7.64. The Morgan fingerprint density at radius 2 is 1.65 bits per heavy atom. The van der Waals surface area contributed by atoms with Crippen molar-refractivity contribution in [1.29, 1.82) is 0 Å². The maximum atomic E-state index is 8.70. The molecule has 4 rings (SSSR count). The maximum absolute atomic E-state index is 8.70. The summed E-state index contributed by atoms with van der Waals surface area (Å²) >= 11 is 0. The lowest BCUT2D eigenvalue weighted by Gasteiger charge is -2.41. The molecule has 0 N–H and O–H groups in total. The molecule has 0 spiro atoms. The van der Waals surface area contributed by atoms with Crippen molar-refractivity contribution in [3.8, 4) is 11.5 Å². The highest BCUT2D eigenvalue weighted by Crippen LogP contribution is 2.48. The molecular weight excluding hydrogens is 292 g/mol. The molecule has 23 heavy (non-hydrogen) atoms. The van der Waals surface area contributed by atoms with Gasteiger partial charge in [0.15, 0.2) is 11.5 Å². The summed E-state index contributed by atoms with van der Waals surface area (Å²) in [5, 5.41) is 3.84. The molecule has 2 unspecified atom stereocenters. The zero-order chi connectivity index (χ0) is 15.6. The average Bonchev–Trinajstić information content (AvgIpc) is 2.60. The van der Waals surface area contributed by atoms with E-state index in [4.69, 9.17) is 15.0 Å². The summed E-state index contributed by atoms with van der Waals surface area (Å²) in [5.41, 5.74) is 10.7. The van der Waals surface area contributed by atoms with E-state index in [1.54, 1.807) is 0 Å². The van der Waals surface area contributed by atoms with Gasteiger partial charge in [-0.05, 0) is 36.2 Å². The number of para-hydroxylation sites is 4. The lowest BCUT2D eigenvalue weighted by molar-refractivity contribution is 0.0676. The lowest BCUT2D eigenvalue weighted by Crippen LogP contribution is -2.43. The Hall–Kier alpha value is -2.69. The van der Waals surface area contributed by atoms with Crippen molar-refractivity contribution in [2.24, 2.45) is 5.11 Å². The summed E-state index contributed by atoms with van der Waals surface area (Å²) in [6.07, 6.45) is 0.757. The topological polar surface area (TPSA) is 70.5 Å². The minimum atomic E-state index is -0.138. The van der Waals surface area contributed by atoms with Gasteiger partial charge in [-0.1, -0.05) is 29.4 Å².